The fourth-order valence-corrected chi connectivity index (χ4v) is 2.06. The summed E-state index contributed by atoms with van der Waals surface area (Å²) in [5.74, 6) is -2.57. The predicted octanol–water partition coefficient (Wildman–Crippen LogP) is 3.40. The van der Waals surface area contributed by atoms with Crippen LogP contribution in [0.15, 0.2) is 12.1 Å². The van der Waals surface area contributed by atoms with Gasteiger partial charge in [-0.15, -0.1) is 0 Å². The monoisotopic (exact) mass is 257 g/mol. The number of methoxy groups -OCH3 is 1. The summed E-state index contributed by atoms with van der Waals surface area (Å²) in [6.07, 6.45) is 2.48. The first-order valence-electron chi connectivity index (χ1n) is 6.16. The first-order chi connectivity index (χ1) is 8.41. The van der Waals surface area contributed by atoms with E-state index < -0.39 is 5.92 Å². The summed E-state index contributed by atoms with van der Waals surface area (Å²) in [5, 5.41) is 0. The van der Waals surface area contributed by atoms with Gasteiger partial charge in [0.1, 0.15) is 5.75 Å². The first-order valence-corrected chi connectivity index (χ1v) is 6.16. The number of rotatable bonds is 6. The van der Waals surface area contributed by atoms with E-state index in [1.807, 2.05) is 6.92 Å². The second-order valence-corrected chi connectivity index (χ2v) is 4.58. The maximum absolute atomic E-state index is 13.5. The lowest BCUT2D eigenvalue weighted by Gasteiger charge is -2.19. The van der Waals surface area contributed by atoms with Crippen molar-refractivity contribution in [2.24, 2.45) is 5.73 Å². The van der Waals surface area contributed by atoms with Crippen LogP contribution in [-0.4, -0.2) is 13.7 Å². The molecule has 1 aromatic carbocycles. The van der Waals surface area contributed by atoms with E-state index in [2.05, 4.69) is 0 Å². The molecule has 0 atom stereocenters. The van der Waals surface area contributed by atoms with Crippen molar-refractivity contribution in [2.75, 3.05) is 13.7 Å². The molecular weight excluding hydrogens is 236 g/mol. The van der Waals surface area contributed by atoms with Crippen molar-refractivity contribution in [3.8, 4) is 5.75 Å². The molecule has 0 aliphatic heterocycles. The van der Waals surface area contributed by atoms with E-state index in [0.29, 0.717) is 12.3 Å². The molecule has 1 rings (SSSR count). The largest absolute Gasteiger partial charge is 0.496 e. The van der Waals surface area contributed by atoms with Crippen LogP contribution in [0.2, 0.25) is 0 Å². The third-order valence-corrected chi connectivity index (χ3v) is 3.05. The average Bonchev–Trinajstić information content (AvgIpc) is 2.29. The lowest BCUT2D eigenvalue weighted by atomic mass is 9.96. The molecule has 0 saturated heterocycles. The standard InChI is InChI=1S/C14H21F2NO/c1-10-7-8-12(14(2,15)16)13(18-3)11(10)6-4-5-9-17/h7-8H,4-6,9,17H2,1-3H3. The zero-order valence-corrected chi connectivity index (χ0v) is 11.2. The molecule has 0 amide bonds. The summed E-state index contributed by atoms with van der Waals surface area (Å²) in [5.41, 5.74) is 7.25. The highest BCUT2D eigenvalue weighted by molar-refractivity contribution is 5.48. The van der Waals surface area contributed by atoms with Crippen molar-refractivity contribution in [1.29, 1.82) is 0 Å². The lowest BCUT2D eigenvalue weighted by Crippen LogP contribution is -2.12. The van der Waals surface area contributed by atoms with Gasteiger partial charge in [-0.3, -0.25) is 0 Å². The van der Waals surface area contributed by atoms with Crippen LogP contribution < -0.4 is 10.5 Å². The molecule has 0 aliphatic carbocycles. The van der Waals surface area contributed by atoms with Gasteiger partial charge in [-0.1, -0.05) is 6.07 Å². The van der Waals surface area contributed by atoms with Crippen molar-refractivity contribution in [2.45, 2.75) is 39.0 Å². The molecule has 0 aromatic heterocycles. The molecule has 0 aliphatic rings. The van der Waals surface area contributed by atoms with Crippen LogP contribution in [-0.2, 0) is 12.3 Å². The predicted molar refractivity (Wildman–Crippen MR) is 69.3 cm³/mol. The number of halogens is 2. The van der Waals surface area contributed by atoms with Crippen LogP contribution in [0.3, 0.4) is 0 Å². The molecule has 102 valence electrons. The normalized spacial score (nSPS) is 11.7. The molecule has 2 nitrogen and oxygen atoms in total. The van der Waals surface area contributed by atoms with E-state index in [4.69, 9.17) is 10.5 Å². The van der Waals surface area contributed by atoms with E-state index in [1.165, 1.54) is 13.2 Å². The Kier molecular flexibility index (Phi) is 5.08. The van der Waals surface area contributed by atoms with Gasteiger partial charge in [0.25, 0.3) is 5.92 Å². The van der Waals surface area contributed by atoms with Gasteiger partial charge < -0.3 is 10.5 Å². The summed E-state index contributed by atoms with van der Waals surface area (Å²) >= 11 is 0. The number of nitrogens with two attached hydrogens (primary N) is 1. The van der Waals surface area contributed by atoms with E-state index in [9.17, 15) is 8.78 Å². The Morgan fingerprint density at radius 3 is 2.44 bits per heavy atom. The molecule has 0 unspecified atom stereocenters. The number of ether oxygens (including phenoxy) is 1. The molecule has 0 spiro atoms. The van der Waals surface area contributed by atoms with E-state index in [1.54, 1.807) is 6.07 Å². The molecule has 2 N–H and O–H groups in total. The minimum Gasteiger partial charge on any atom is -0.496 e. The molecular formula is C14H21F2NO. The average molecular weight is 257 g/mol. The Morgan fingerprint density at radius 2 is 1.94 bits per heavy atom. The first kappa shape index (κ1) is 14.9. The second-order valence-electron chi connectivity index (χ2n) is 4.58. The summed E-state index contributed by atoms with van der Waals surface area (Å²) in [6, 6.07) is 3.17. The molecule has 0 heterocycles. The summed E-state index contributed by atoms with van der Waals surface area (Å²) in [4.78, 5) is 0. The van der Waals surface area contributed by atoms with Gasteiger partial charge in [-0.25, -0.2) is 8.78 Å². The minimum atomic E-state index is -2.89. The minimum absolute atomic E-state index is 0.0432. The number of alkyl halides is 2. The summed E-state index contributed by atoms with van der Waals surface area (Å²) in [6.45, 7) is 3.42. The zero-order valence-electron chi connectivity index (χ0n) is 11.2. The zero-order chi connectivity index (χ0) is 13.8. The highest BCUT2D eigenvalue weighted by Gasteiger charge is 2.30. The third kappa shape index (κ3) is 3.42. The Morgan fingerprint density at radius 1 is 1.28 bits per heavy atom. The van der Waals surface area contributed by atoms with Crippen LogP contribution in [0.5, 0.6) is 5.75 Å². The number of benzene rings is 1. The highest BCUT2D eigenvalue weighted by atomic mass is 19.3. The second kappa shape index (κ2) is 6.14. The van der Waals surface area contributed by atoms with Gasteiger partial charge in [0.2, 0.25) is 0 Å². The molecule has 1 aromatic rings. The van der Waals surface area contributed by atoms with Gasteiger partial charge in [0.15, 0.2) is 0 Å². The summed E-state index contributed by atoms with van der Waals surface area (Å²) < 4.78 is 32.2. The fraction of sp³-hybridized carbons (Fsp3) is 0.571. The van der Waals surface area contributed by atoms with Gasteiger partial charge in [-0.05, 0) is 49.9 Å². The summed E-state index contributed by atoms with van der Waals surface area (Å²) in [7, 11) is 1.44. The van der Waals surface area contributed by atoms with Crippen LogP contribution in [0, 0.1) is 6.92 Å². The molecule has 4 heteroatoms. The topological polar surface area (TPSA) is 35.2 Å². The van der Waals surface area contributed by atoms with Crippen molar-refractivity contribution >= 4 is 0 Å². The SMILES string of the molecule is COc1c(C(C)(F)F)ccc(C)c1CCCCN. The highest BCUT2D eigenvalue weighted by Crippen LogP contribution is 2.38. The van der Waals surface area contributed by atoms with Crippen molar-refractivity contribution < 1.29 is 13.5 Å². The smallest absolute Gasteiger partial charge is 0.274 e. The van der Waals surface area contributed by atoms with Gasteiger partial charge in [-0.2, -0.15) is 0 Å². The molecule has 0 fully saturated rings. The van der Waals surface area contributed by atoms with Crippen molar-refractivity contribution in [1.82, 2.24) is 0 Å². The number of hydrogen-bond acceptors (Lipinski definition) is 2. The van der Waals surface area contributed by atoms with Crippen molar-refractivity contribution in [3.63, 3.8) is 0 Å². The quantitative estimate of drug-likeness (QED) is 0.793. The Labute approximate surface area is 107 Å². The van der Waals surface area contributed by atoms with Gasteiger partial charge in [0, 0.05) is 6.92 Å². The third-order valence-electron chi connectivity index (χ3n) is 3.05. The van der Waals surface area contributed by atoms with E-state index >= 15 is 0 Å². The van der Waals surface area contributed by atoms with E-state index in [0.717, 1.165) is 37.3 Å². The van der Waals surface area contributed by atoms with Crippen LogP contribution in [0.25, 0.3) is 0 Å². The Hall–Kier alpha value is -1.16. The Balaban J connectivity index is 3.14. The van der Waals surface area contributed by atoms with Crippen LogP contribution >= 0.6 is 0 Å². The molecule has 0 bridgehead atoms. The van der Waals surface area contributed by atoms with Crippen molar-refractivity contribution in [3.05, 3.63) is 28.8 Å². The van der Waals surface area contributed by atoms with Gasteiger partial charge >= 0.3 is 0 Å². The van der Waals surface area contributed by atoms with Gasteiger partial charge in [0.05, 0.1) is 12.7 Å². The molecule has 18 heavy (non-hydrogen) atoms. The van der Waals surface area contributed by atoms with Crippen LogP contribution in [0.4, 0.5) is 8.78 Å². The number of aryl methyl sites for hydroxylation is 1. The number of unbranched alkanes of at least 4 members (excludes halogenated alkanes) is 1. The maximum Gasteiger partial charge on any atom is 0.274 e. The maximum atomic E-state index is 13.5. The lowest BCUT2D eigenvalue weighted by molar-refractivity contribution is 0.0149. The number of hydrogen-bond donors (Lipinski definition) is 1. The van der Waals surface area contributed by atoms with Crippen LogP contribution in [0.1, 0.15) is 36.5 Å². The molecule has 0 saturated carbocycles. The van der Waals surface area contributed by atoms with E-state index in [-0.39, 0.29) is 5.56 Å². The molecule has 0 radical (unpaired) electrons. The Bertz CT molecular complexity index is 400. The fourth-order valence-electron chi connectivity index (χ4n) is 2.06.